The number of benzene rings is 1. The summed E-state index contributed by atoms with van der Waals surface area (Å²) in [6, 6.07) is 10.5. The summed E-state index contributed by atoms with van der Waals surface area (Å²) in [4.78, 5) is 8.77. The molecule has 92 valence electrons. The normalized spacial score (nSPS) is 14.5. The summed E-state index contributed by atoms with van der Waals surface area (Å²) in [5.74, 6) is 1.14. The largest absolute Gasteiger partial charge is 0.384 e. The molecule has 3 rings (SSSR count). The third-order valence-corrected chi connectivity index (χ3v) is 3.08. The zero-order valence-electron chi connectivity index (χ0n) is 10.4. The Morgan fingerprint density at radius 3 is 2.72 bits per heavy atom. The fraction of sp³-hybridized carbons (Fsp3) is 0.286. The van der Waals surface area contributed by atoms with Gasteiger partial charge in [-0.05, 0) is 25.3 Å². The van der Waals surface area contributed by atoms with Crippen molar-refractivity contribution in [2.45, 2.75) is 25.8 Å². The van der Waals surface area contributed by atoms with Crippen LogP contribution in [0.15, 0.2) is 30.3 Å². The van der Waals surface area contributed by atoms with Gasteiger partial charge in [-0.2, -0.15) is 4.98 Å². The summed E-state index contributed by atoms with van der Waals surface area (Å²) in [7, 11) is 0. The third kappa shape index (κ3) is 2.27. The summed E-state index contributed by atoms with van der Waals surface area (Å²) in [6.07, 6.45) is 2.38. The smallest absolute Gasteiger partial charge is 0.225 e. The van der Waals surface area contributed by atoms with E-state index in [9.17, 15) is 0 Å². The second-order valence-corrected chi connectivity index (χ2v) is 4.74. The van der Waals surface area contributed by atoms with Gasteiger partial charge in [-0.3, -0.25) is 0 Å². The average molecular weight is 240 g/mol. The first kappa shape index (κ1) is 11.0. The van der Waals surface area contributed by atoms with E-state index in [4.69, 9.17) is 5.73 Å². The second kappa shape index (κ2) is 4.29. The SMILES string of the molecule is Cc1ccccc1-c1cc(N)nc(NC2CC2)n1. The first-order valence-corrected chi connectivity index (χ1v) is 6.19. The van der Waals surface area contributed by atoms with E-state index in [0.29, 0.717) is 17.8 Å². The number of hydrogen-bond acceptors (Lipinski definition) is 4. The van der Waals surface area contributed by atoms with Gasteiger partial charge in [0.1, 0.15) is 5.82 Å². The lowest BCUT2D eigenvalue weighted by atomic mass is 10.1. The number of nitrogen functional groups attached to an aromatic ring is 1. The number of nitrogens with two attached hydrogens (primary N) is 1. The van der Waals surface area contributed by atoms with Gasteiger partial charge in [-0.15, -0.1) is 0 Å². The minimum absolute atomic E-state index is 0.506. The Kier molecular flexibility index (Phi) is 2.63. The second-order valence-electron chi connectivity index (χ2n) is 4.74. The molecule has 0 radical (unpaired) electrons. The molecule has 0 unspecified atom stereocenters. The summed E-state index contributed by atoms with van der Waals surface area (Å²) in [5.41, 5.74) is 9.02. The highest BCUT2D eigenvalue weighted by atomic mass is 15.1. The maximum Gasteiger partial charge on any atom is 0.225 e. The van der Waals surface area contributed by atoms with Crippen molar-refractivity contribution >= 4 is 11.8 Å². The number of hydrogen-bond donors (Lipinski definition) is 2. The highest BCUT2D eigenvalue weighted by Gasteiger charge is 2.22. The lowest BCUT2D eigenvalue weighted by Crippen LogP contribution is -2.07. The molecule has 18 heavy (non-hydrogen) atoms. The molecule has 1 saturated carbocycles. The molecule has 0 saturated heterocycles. The van der Waals surface area contributed by atoms with E-state index >= 15 is 0 Å². The molecule has 1 aromatic carbocycles. The molecule has 0 bridgehead atoms. The standard InChI is InChI=1S/C14H16N4/c1-9-4-2-3-5-11(9)12-8-13(15)18-14(17-12)16-10-6-7-10/h2-5,8,10H,6-7H2,1H3,(H3,15,16,17,18). The Morgan fingerprint density at radius 1 is 1.22 bits per heavy atom. The van der Waals surface area contributed by atoms with Gasteiger partial charge in [0.05, 0.1) is 5.69 Å². The van der Waals surface area contributed by atoms with Gasteiger partial charge >= 0.3 is 0 Å². The molecule has 0 aliphatic heterocycles. The maximum atomic E-state index is 5.85. The highest BCUT2D eigenvalue weighted by molar-refractivity contribution is 5.66. The summed E-state index contributed by atoms with van der Waals surface area (Å²) in [5, 5.41) is 3.28. The number of anilines is 2. The quantitative estimate of drug-likeness (QED) is 0.865. The van der Waals surface area contributed by atoms with Crippen LogP contribution >= 0.6 is 0 Å². The summed E-state index contributed by atoms with van der Waals surface area (Å²) < 4.78 is 0. The Morgan fingerprint density at radius 2 is 2.00 bits per heavy atom. The molecule has 4 nitrogen and oxygen atoms in total. The molecule has 1 heterocycles. The molecule has 1 aliphatic rings. The Balaban J connectivity index is 2.00. The van der Waals surface area contributed by atoms with Crippen LogP contribution in [0.3, 0.4) is 0 Å². The van der Waals surface area contributed by atoms with E-state index in [2.05, 4.69) is 34.3 Å². The van der Waals surface area contributed by atoms with Crippen molar-refractivity contribution in [2.24, 2.45) is 0 Å². The number of nitrogens with zero attached hydrogens (tertiary/aromatic N) is 2. The number of nitrogens with one attached hydrogen (secondary N) is 1. The van der Waals surface area contributed by atoms with Crippen LogP contribution in [0.25, 0.3) is 11.3 Å². The van der Waals surface area contributed by atoms with Gasteiger partial charge in [-0.25, -0.2) is 4.98 Å². The van der Waals surface area contributed by atoms with Crippen molar-refractivity contribution in [3.8, 4) is 11.3 Å². The Hall–Kier alpha value is -2.10. The highest BCUT2D eigenvalue weighted by Crippen LogP contribution is 2.26. The molecule has 0 atom stereocenters. The van der Waals surface area contributed by atoms with Crippen molar-refractivity contribution < 1.29 is 0 Å². The fourth-order valence-corrected chi connectivity index (χ4v) is 1.94. The van der Waals surface area contributed by atoms with Crippen molar-refractivity contribution in [2.75, 3.05) is 11.1 Å². The Labute approximate surface area is 106 Å². The van der Waals surface area contributed by atoms with Gasteiger partial charge < -0.3 is 11.1 Å². The monoisotopic (exact) mass is 240 g/mol. The molecule has 1 aliphatic carbocycles. The molecular weight excluding hydrogens is 224 g/mol. The summed E-state index contributed by atoms with van der Waals surface area (Å²) >= 11 is 0. The number of aromatic nitrogens is 2. The van der Waals surface area contributed by atoms with Crippen LogP contribution in [0.5, 0.6) is 0 Å². The fourth-order valence-electron chi connectivity index (χ4n) is 1.94. The van der Waals surface area contributed by atoms with Gasteiger partial charge in [0.25, 0.3) is 0 Å². The number of rotatable bonds is 3. The van der Waals surface area contributed by atoms with Crippen molar-refractivity contribution in [3.63, 3.8) is 0 Å². The van der Waals surface area contributed by atoms with Crippen LogP contribution in [0.4, 0.5) is 11.8 Å². The zero-order chi connectivity index (χ0) is 12.5. The van der Waals surface area contributed by atoms with Gasteiger partial charge in [-0.1, -0.05) is 24.3 Å². The van der Waals surface area contributed by atoms with Crippen LogP contribution in [-0.2, 0) is 0 Å². The van der Waals surface area contributed by atoms with E-state index < -0.39 is 0 Å². The zero-order valence-corrected chi connectivity index (χ0v) is 10.4. The van der Waals surface area contributed by atoms with Gasteiger partial charge in [0, 0.05) is 17.7 Å². The van der Waals surface area contributed by atoms with Crippen molar-refractivity contribution in [3.05, 3.63) is 35.9 Å². The molecule has 2 aromatic rings. The van der Waals surface area contributed by atoms with Crippen LogP contribution in [-0.4, -0.2) is 16.0 Å². The van der Waals surface area contributed by atoms with Gasteiger partial charge in [0.2, 0.25) is 5.95 Å². The van der Waals surface area contributed by atoms with Crippen molar-refractivity contribution in [1.29, 1.82) is 0 Å². The first-order chi connectivity index (χ1) is 8.72. The predicted molar refractivity (Wildman–Crippen MR) is 73.3 cm³/mol. The van der Waals surface area contributed by atoms with Crippen LogP contribution in [0.1, 0.15) is 18.4 Å². The first-order valence-electron chi connectivity index (χ1n) is 6.19. The molecule has 1 fully saturated rings. The van der Waals surface area contributed by atoms with Gasteiger partial charge in [0.15, 0.2) is 0 Å². The molecular formula is C14H16N4. The average Bonchev–Trinajstić information content (AvgIpc) is 3.12. The van der Waals surface area contributed by atoms with Crippen molar-refractivity contribution in [1.82, 2.24) is 9.97 Å². The lowest BCUT2D eigenvalue weighted by molar-refractivity contribution is 1.06. The van der Waals surface area contributed by atoms with E-state index in [1.54, 1.807) is 0 Å². The molecule has 4 heteroatoms. The topological polar surface area (TPSA) is 63.8 Å². The Bertz CT molecular complexity index is 576. The number of aryl methyl sites for hydroxylation is 1. The minimum atomic E-state index is 0.506. The molecule has 1 aromatic heterocycles. The predicted octanol–water partition coefficient (Wildman–Crippen LogP) is 2.61. The molecule has 0 amide bonds. The van der Waals surface area contributed by atoms with E-state index in [0.717, 1.165) is 11.3 Å². The molecule has 3 N–H and O–H groups in total. The summed E-state index contributed by atoms with van der Waals surface area (Å²) in [6.45, 7) is 2.07. The van der Waals surface area contributed by atoms with E-state index in [1.165, 1.54) is 18.4 Å². The van der Waals surface area contributed by atoms with E-state index in [1.807, 2.05) is 18.2 Å². The lowest BCUT2D eigenvalue weighted by Gasteiger charge is -2.09. The molecule has 0 spiro atoms. The third-order valence-electron chi connectivity index (χ3n) is 3.08. The van der Waals surface area contributed by atoms with Crippen LogP contribution < -0.4 is 11.1 Å². The van der Waals surface area contributed by atoms with Crippen LogP contribution in [0.2, 0.25) is 0 Å². The minimum Gasteiger partial charge on any atom is -0.384 e. The maximum absolute atomic E-state index is 5.85. The van der Waals surface area contributed by atoms with Crippen LogP contribution in [0, 0.1) is 6.92 Å². The van der Waals surface area contributed by atoms with E-state index in [-0.39, 0.29) is 0 Å².